The fourth-order valence-electron chi connectivity index (χ4n) is 1.58. The average molecular weight is 290 g/mol. The number of hydrogen-bond acceptors (Lipinski definition) is 4. The van der Waals surface area contributed by atoms with Gasteiger partial charge in [-0.05, 0) is 23.8 Å². The monoisotopic (exact) mass is 290 g/mol. The Balaban J connectivity index is 2.05. The van der Waals surface area contributed by atoms with Crippen LogP contribution in [-0.4, -0.2) is 22.1 Å². The maximum Gasteiger partial charge on any atom is 0.328 e. The van der Waals surface area contributed by atoms with Crippen molar-refractivity contribution in [3.63, 3.8) is 0 Å². The Kier molecular flexibility index (Phi) is 4.45. The van der Waals surface area contributed by atoms with E-state index in [1.807, 2.05) is 0 Å². The van der Waals surface area contributed by atoms with Gasteiger partial charge in [0.15, 0.2) is 5.76 Å². The Morgan fingerprint density at radius 2 is 2.19 bits per heavy atom. The number of carbonyl (C=O) groups excluding carboxylic acids is 1. The molecule has 1 amide bonds. The summed E-state index contributed by atoms with van der Waals surface area (Å²) in [5, 5.41) is 14.5. The van der Waals surface area contributed by atoms with E-state index in [4.69, 9.17) is 9.63 Å². The molecule has 1 aromatic heterocycles. The molecule has 1 heterocycles. The van der Waals surface area contributed by atoms with Crippen LogP contribution in [0.1, 0.15) is 21.7 Å². The topological polar surface area (TPSA) is 92.4 Å². The van der Waals surface area contributed by atoms with Crippen molar-refractivity contribution in [2.45, 2.75) is 6.54 Å². The van der Waals surface area contributed by atoms with Crippen LogP contribution in [0.2, 0.25) is 0 Å². The quantitative estimate of drug-likeness (QED) is 0.820. The van der Waals surface area contributed by atoms with Gasteiger partial charge in [0.1, 0.15) is 5.82 Å². The summed E-state index contributed by atoms with van der Waals surface area (Å²) in [6.45, 7) is 0.0962. The largest absolute Gasteiger partial charge is 0.478 e. The molecule has 0 saturated heterocycles. The lowest BCUT2D eigenvalue weighted by atomic mass is 10.1. The highest BCUT2D eigenvalue weighted by atomic mass is 19.1. The second kappa shape index (κ2) is 6.47. The van der Waals surface area contributed by atoms with Crippen LogP contribution in [0.4, 0.5) is 4.39 Å². The van der Waals surface area contributed by atoms with Crippen molar-refractivity contribution < 1.29 is 23.6 Å². The molecule has 0 bridgehead atoms. The summed E-state index contributed by atoms with van der Waals surface area (Å²) in [7, 11) is 0. The minimum atomic E-state index is -1.13. The highest BCUT2D eigenvalue weighted by Crippen LogP contribution is 2.12. The van der Waals surface area contributed by atoms with Crippen molar-refractivity contribution in [2.75, 3.05) is 0 Å². The zero-order valence-corrected chi connectivity index (χ0v) is 10.7. The highest BCUT2D eigenvalue weighted by molar-refractivity contribution is 5.94. The molecular formula is C14H11FN2O4. The van der Waals surface area contributed by atoms with Gasteiger partial charge in [-0.1, -0.05) is 11.2 Å². The summed E-state index contributed by atoms with van der Waals surface area (Å²) in [6.07, 6.45) is 3.56. The third-order valence-corrected chi connectivity index (χ3v) is 2.57. The fraction of sp³-hybridized carbons (Fsp3) is 0.0714. The minimum absolute atomic E-state index is 0.0962. The minimum Gasteiger partial charge on any atom is -0.478 e. The lowest BCUT2D eigenvalue weighted by molar-refractivity contribution is -0.131. The van der Waals surface area contributed by atoms with Crippen molar-refractivity contribution in [1.29, 1.82) is 0 Å². The summed E-state index contributed by atoms with van der Waals surface area (Å²) in [4.78, 5) is 22.2. The first-order chi connectivity index (χ1) is 10.1. The van der Waals surface area contributed by atoms with Crippen LogP contribution in [0.5, 0.6) is 0 Å². The molecule has 108 valence electrons. The van der Waals surface area contributed by atoms with Crippen LogP contribution in [0.25, 0.3) is 6.08 Å². The predicted molar refractivity (Wildman–Crippen MR) is 70.7 cm³/mol. The third kappa shape index (κ3) is 4.00. The summed E-state index contributed by atoms with van der Waals surface area (Å²) in [5.74, 6) is -2.02. The van der Waals surface area contributed by atoms with E-state index in [1.165, 1.54) is 24.4 Å². The number of carboxylic acids is 1. The highest BCUT2D eigenvalue weighted by Gasteiger charge is 2.12. The molecule has 0 aliphatic heterocycles. The number of rotatable bonds is 5. The van der Waals surface area contributed by atoms with Crippen molar-refractivity contribution in [2.24, 2.45) is 0 Å². The van der Waals surface area contributed by atoms with Crippen molar-refractivity contribution in [3.8, 4) is 0 Å². The van der Waals surface area contributed by atoms with Gasteiger partial charge < -0.3 is 14.9 Å². The second-order valence-corrected chi connectivity index (χ2v) is 4.07. The van der Waals surface area contributed by atoms with Gasteiger partial charge in [-0.25, -0.2) is 9.18 Å². The van der Waals surface area contributed by atoms with E-state index in [1.54, 1.807) is 6.07 Å². The van der Waals surface area contributed by atoms with Gasteiger partial charge in [-0.2, -0.15) is 0 Å². The number of hydrogen-bond donors (Lipinski definition) is 2. The Bertz CT molecular complexity index is 680. The van der Waals surface area contributed by atoms with Crippen LogP contribution in [-0.2, 0) is 11.3 Å². The van der Waals surface area contributed by atoms with Crippen molar-refractivity contribution in [3.05, 3.63) is 59.2 Å². The van der Waals surface area contributed by atoms with Gasteiger partial charge in [-0.3, -0.25) is 4.79 Å². The number of aliphatic carboxylic acids is 1. The molecule has 1 aromatic carbocycles. The fourth-order valence-corrected chi connectivity index (χ4v) is 1.58. The zero-order chi connectivity index (χ0) is 15.2. The summed E-state index contributed by atoms with van der Waals surface area (Å²) >= 11 is 0. The molecule has 0 aliphatic carbocycles. The van der Waals surface area contributed by atoms with E-state index in [9.17, 15) is 14.0 Å². The number of amides is 1. The number of halogens is 1. The molecule has 0 radical (unpaired) electrons. The van der Waals surface area contributed by atoms with E-state index < -0.39 is 17.7 Å². The van der Waals surface area contributed by atoms with E-state index in [2.05, 4.69) is 10.5 Å². The molecule has 2 N–H and O–H groups in total. The van der Waals surface area contributed by atoms with Gasteiger partial charge in [0, 0.05) is 12.1 Å². The average Bonchev–Trinajstić information content (AvgIpc) is 2.96. The van der Waals surface area contributed by atoms with E-state index in [0.29, 0.717) is 11.3 Å². The van der Waals surface area contributed by atoms with Crippen LogP contribution < -0.4 is 5.32 Å². The van der Waals surface area contributed by atoms with E-state index >= 15 is 0 Å². The maximum absolute atomic E-state index is 13.8. The summed E-state index contributed by atoms with van der Waals surface area (Å²) in [5.41, 5.74) is 0.212. The molecule has 2 rings (SSSR count). The SMILES string of the molecule is O=C(O)/C=C/c1ccc(C(=O)NCc2ccno2)c(F)c1. The zero-order valence-electron chi connectivity index (χ0n) is 10.7. The van der Waals surface area contributed by atoms with Crippen molar-refractivity contribution in [1.82, 2.24) is 10.5 Å². The molecular weight excluding hydrogens is 279 g/mol. The standard InChI is InChI=1S/C14H11FN2O4/c15-12-7-9(2-4-13(18)19)1-3-11(12)14(20)16-8-10-5-6-17-21-10/h1-7H,8H2,(H,16,20)(H,18,19)/b4-2+. The molecule has 0 aliphatic rings. The molecule has 2 aromatic rings. The molecule has 0 fully saturated rings. The maximum atomic E-state index is 13.8. The van der Waals surface area contributed by atoms with Crippen LogP contribution in [0.15, 0.2) is 41.1 Å². The van der Waals surface area contributed by atoms with Crippen LogP contribution >= 0.6 is 0 Å². The smallest absolute Gasteiger partial charge is 0.328 e. The van der Waals surface area contributed by atoms with Gasteiger partial charge in [-0.15, -0.1) is 0 Å². The predicted octanol–water partition coefficient (Wildman–Crippen LogP) is 1.84. The van der Waals surface area contributed by atoms with E-state index in [0.717, 1.165) is 12.1 Å². The molecule has 6 nitrogen and oxygen atoms in total. The number of nitrogens with zero attached hydrogens (tertiary/aromatic N) is 1. The first-order valence-electron chi connectivity index (χ1n) is 5.94. The normalized spacial score (nSPS) is 10.7. The Labute approximate surface area is 118 Å². The summed E-state index contributed by atoms with van der Waals surface area (Å²) in [6, 6.07) is 5.40. The molecule has 0 saturated carbocycles. The number of carbonyl (C=O) groups is 2. The lowest BCUT2D eigenvalue weighted by Gasteiger charge is -2.05. The van der Waals surface area contributed by atoms with Crippen molar-refractivity contribution >= 4 is 18.0 Å². The van der Waals surface area contributed by atoms with Crippen LogP contribution in [0.3, 0.4) is 0 Å². The van der Waals surface area contributed by atoms with Gasteiger partial charge in [0.2, 0.25) is 0 Å². The molecule has 0 atom stereocenters. The van der Waals surface area contributed by atoms with E-state index in [-0.39, 0.29) is 12.1 Å². The van der Waals surface area contributed by atoms with Gasteiger partial charge in [0.25, 0.3) is 5.91 Å². The van der Waals surface area contributed by atoms with Gasteiger partial charge >= 0.3 is 5.97 Å². The summed E-state index contributed by atoms with van der Waals surface area (Å²) < 4.78 is 18.6. The molecule has 7 heteroatoms. The molecule has 21 heavy (non-hydrogen) atoms. The Morgan fingerprint density at radius 1 is 1.38 bits per heavy atom. The lowest BCUT2D eigenvalue weighted by Crippen LogP contribution is -2.23. The number of carboxylic acid groups (broad SMARTS) is 1. The number of benzene rings is 1. The first-order valence-corrected chi connectivity index (χ1v) is 5.94. The van der Waals surface area contributed by atoms with Crippen LogP contribution in [0, 0.1) is 5.82 Å². The Hall–Kier alpha value is -2.96. The third-order valence-electron chi connectivity index (χ3n) is 2.57. The molecule has 0 unspecified atom stereocenters. The Morgan fingerprint density at radius 3 is 2.81 bits per heavy atom. The van der Waals surface area contributed by atoms with Gasteiger partial charge in [0.05, 0.1) is 18.3 Å². The molecule has 0 spiro atoms. The first kappa shape index (κ1) is 14.4. The number of aromatic nitrogens is 1. The second-order valence-electron chi connectivity index (χ2n) is 4.07. The number of nitrogens with one attached hydrogen (secondary N) is 1.